The number of nitrogens with zero attached hydrogens (tertiary/aromatic N) is 2. The number of carboxylic acids is 1. The van der Waals surface area contributed by atoms with Crippen LogP contribution in [0.15, 0.2) is 23.4 Å². The second-order valence-corrected chi connectivity index (χ2v) is 2.46. The number of aromatic amines is 1. The number of hydrogen-bond donors (Lipinski definition) is 2. The van der Waals surface area contributed by atoms with E-state index in [0.29, 0.717) is 0 Å². The van der Waals surface area contributed by atoms with E-state index in [4.69, 9.17) is 5.11 Å². The van der Waals surface area contributed by atoms with Crippen LogP contribution in [0.5, 0.6) is 0 Å². The van der Waals surface area contributed by atoms with Gasteiger partial charge in [-0.15, -0.1) is 0 Å². The molecule has 0 aliphatic rings. The van der Waals surface area contributed by atoms with Crippen LogP contribution in [-0.4, -0.2) is 25.4 Å². The predicted molar refractivity (Wildman–Crippen MR) is 42.8 cm³/mol. The van der Waals surface area contributed by atoms with Crippen molar-refractivity contribution in [3.05, 3.63) is 34.6 Å². The van der Waals surface area contributed by atoms with Crippen LogP contribution in [0.1, 0.15) is 10.5 Å². The summed E-state index contributed by atoms with van der Waals surface area (Å²) in [6.07, 6.45) is 2.78. The third kappa shape index (κ3) is 1.08. The lowest BCUT2D eigenvalue weighted by molar-refractivity contribution is 0.0693. The van der Waals surface area contributed by atoms with Gasteiger partial charge >= 0.3 is 5.97 Å². The Morgan fingerprint density at radius 2 is 2.38 bits per heavy atom. The number of aromatic carboxylic acids is 1. The number of rotatable bonds is 1. The van der Waals surface area contributed by atoms with Crippen molar-refractivity contribution in [3.8, 4) is 0 Å². The normalized spacial score (nSPS) is 10.5. The fourth-order valence-corrected chi connectivity index (χ4v) is 1.06. The number of hydrogen-bond acceptors (Lipinski definition) is 3. The van der Waals surface area contributed by atoms with Gasteiger partial charge in [0.1, 0.15) is 6.33 Å². The molecule has 0 bridgehead atoms. The summed E-state index contributed by atoms with van der Waals surface area (Å²) in [7, 11) is 0. The van der Waals surface area contributed by atoms with Crippen molar-refractivity contribution in [2.45, 2.75) is 0 Å². The largest absolute Gasteiger partial charge is 0.476 e. The number of imidazole rings is 1. The Morgan fingerprint density at radius 3 is 3.08 bits per heavy atom. The second-order valence-electron chi connectivity index (χ2n) is 2.46. The first-order valence-electron chi connectivity index (χ1n) is 3.48. The van der Waals surface area contributed by atoms with Crippen LogP contribution in [0.3, 0.4) is 0 Å². The molecule has 6 heteroatoms. The fraction of sp³-hybridized carbons (Fsp3) is 0. The first kappa shape index (κ1) is 7.53. The van der Waals surface area contributed by atoms with E-state index in [9.17, 15) is 9.59 Å². The minimum Gasteiger partial charge on any atom is -0.476 e. The summed E-state index contributed by atoms with van der Waals surface area (Å²) in [4.78, 5) is 27.5. The molecule has 2 aromatic heterocycles. The van der Waals surface area contributed by atoms with Gasteiger partial charge < -0.3 is 10.1 Å². The van der Waals surface area contributed by atoms with Crippen molar-refractivity contribution in [3.63, 3.8) is 0 Å². The molecule has 0 aliphatic heterocycles. The van der Waals surface area contributed by atoms with Gasteiger partial charge in [-0.25, -0.2) is 9.78 Å². The van der Waals surface area contributed by atoms with E-state index in [2.05, 4.69) is 9.97 Å². The third-order valence-electron chi connectivity index (χ3n) is 1.62. The number of carboxylic acid groups (broad SMARTS) is 1. The van der Waals surface area contributed by atoms with Crippen molar-refractivity contribution in [1.82, 2.24) is 14.4 Å². The summed E-state index contributed by atoms with van der Waals surface area (Å²) in [5.74, 6) is -1.16. The van der Waals surface area contributed by atoms with E-state index in [1.807, 2.05) is 0 Å². The van der Waals surface area contributed by atoms with Crippen molar-refractivity contribution < 1.29 is 9.90 Å². The monoisotopic (exact) mass is 179 g/mol. The maximum atomic E-state index is 10.9. The average Bonchev–Trinajstić information content (AvgIpc) is 2.46. The molecule has 0 saturated carbocycles. The smallest absolute Gasteiger partial charge is 0.358 e. The highest BCUT2D eigenvalue weighted by Crippen LogP contribution is 2.02. The summed E-state index contributed by atoms with van der Waals surface area (Å²) < 4.78 is 1.44. The SMILES string of the molecule is O=C(O)c1ncn2ccc(=O)[nH]c12. The lowest BCUT2D eigenvalue weighted by atomic mass is 10.4. The number of carbonyl (C=O) groups is 1. The lowest BCUT2D eigenvalue weighted by Crippen LogP contribution is -2.07. The highest BCUT2D eigenvalue weighted by atomic mass is 16.4. The van der Waals surface area contributed by atoms with Gasteiger partial charge in [0.25, 0.3) is 5.56 Å². The molecule has 0 atom stereocenters. The maximum Gasteiger partial charge on any atom is 0.358 e. The molecular weight excluding hydrogens is 174 g/mol. The molecule has 0 aliphatic carbocycles. The van der Waals surface area contributed by atoms with Crippen molar-refractivity contribution in [2.24, 2.45) is 0 Å². The summed E-state index contributed by atoms with van der Waals surface area (Å²) in [5.41, 5.74) is -0.312. The molecule has 2 N–H and O–H groups in total. The maximum absolute atomic E-state index is 10.9. The standard InChI is InChI=1S/C7H5N3O3/c11-4-1-2-10-3-8-5(7(12)13)6(10)9-4/h1-3H,(H,9,11)(H,12,13). The van der Waals surface area contributed by atoms with Crippen LogP contribution < -0.4 is 5.56 Å². The quantitative estimate of drug-likeness (QED) is 0.630. The topological polar surface area (TPSA) is 87.5 Å². The first-order chi connectivity index (χ1) is 6.18. The fourth-order valence-electron chi connectivity index (χ4n) is 1.06. The molecular formula is C7H5N3O3. The molecule has 0 fully saturated rings. The number of fused-ring (bicyclic) bond motifs is 1. The Balaban J connectivity index is 2.86. The van der Waals surface area contributed by atoms with Crippen LogP contribution >= 0.6 is 0 Å². The van der Waals surface area contributed by atoms with E-state index >= 15 is 0 Å². The summed E-state index contributed by atoms with van der Waals surface area (Å²) in [6, 6.07) is 1.29. The summed E-state index contributed by atoms with van der Waals surface area (Å²) in [6.45, 7) is 0. The van der Waals surface area contributed by atoms with E-state index in [-0.39, 0.29) is 16.9 Å². The molecule has 2 aromatic rings. The van der Waals surface area contributed by atoms with Gasteiger partial charge in [-0.1, -0.05) is 0 Å². The van der Waals surface area contributed by atoms with Crippen LogP contribution in [-0.2, 0) is 0 Å². The molecule has 66 valence electrons. The zero-order chi connectivity index (χ0) is 9.42. The van der Waals surface area contributed by atoms with Gasteiger partial charge in [0.15, 0.2) is 11.3 Å². The van der Waals surface area contributed by atoms with E-state index in [1.54, 1.807) is 0 Å². The molecule has 13 heavy (non-hydrogen) atoms. The molecule has 0 amide bonds. The zero-order valence-electron chi connectivity index (χ0n) is 6.39. The molecule has 0 radical (unpaired) electrons. The molecule has 6 nitrogen and oxygen atoms in total. The van der Waals surface area contributed by atoms with E-state index < -0.39 is 5.97 Å². The van der Waals surface area contributed by atoms with Crippen molar-refractivity contribution >= 4 is 11.6 Å². The Morgan fingerprint density at radius 1 is 1.62 bits per heavy atom. The van der Waals surface area contributed by atoms with Gasteiger partial charge in [0, 0.05) is 12.3 Å². The number of aromatic nitrogens is 3. The average molecular weight is 179 g/mol. The Kier molecular flexibility index (Phi) is 1.42. The van der Waals surface area contributed by atoms with E-state index in [1.165, 1.54) is 23.0 Å². The Hall–Kier alpha value is -2.11. The minimum atomic E-state index is -1.16. The summed E-state index contributed by atoms with van der Waals surface area (Å²) >= 11 is 0. The highest BCUT2D eigenvalue weighted by Gasteiger charge is 2.11. The second kappa shape index (κ2) is 2.44. The Bertz CT molecular complexity index is 525. The van der Waals surface area contributed by atoms with Crippen LogP contribution in [0, 0.1) is 0 Å². The molecule has 2 heterocycles. The predicted octanol–water partition coefficient (Wildman–Crippen LogP) is -0.279. The van der Waals surface area contributed by atoms with Gasteiger partial charge in [0.05, 0.1) is 0 Å². The van der Waals surface area contributed by atoms with Crippen LogP contribution in [0.2, 0.25) is 0 Å². The van der Waals surface area contributed by atoms with Gasteiger partial charge in [-0.05, 0) is 0 Å². The third-order valence-corrected chi connectivity index (χ3v) is 1.62. The molecule has 0 saturated heterocycles. The van der Waals surface area contributed by atoms with Gasteiger partial charge in [-0.3, -0.25) is 9.20 Å². The van der Waals surface area contributed by atoms with Crippen molar-refractivity contribution in [1.29, 1.82) is 0 Å². The van der Waals surface area contributed by atoms with Crippen LogP contribution in [0.4, 0.5) is 0 Å². The molecule has 0 aromatic carbocycles. The molecule has 0 spiro atoms. The minimum absolute atomic E-state index is 0.155. The van der Waals surface area contributed by atoms with Gasteiger partial charge in [-0.2, -0.15) is 0 Å². The van der Waals surface area contributed by atoms with E-state index in [0.717, 1.165) is 0 Å². The molecule has 0 unspecified atom stereocenters. The zero-order valence-corrected chi connectivity index (χ0v) is 6.39. The number of nitrogens with one attached hydrogen (secondary N) is 1. The van der Waals surface area contributed by atoms with Gasteiger partial charge in [0.2, 0.25) is 0 Å². The Labute approximate surface area is 71.5 Å². The summed E-state index contributed by atoms with van der Waals surface area (Å²) in [5, 5.41) is 8.66. The van der Waals surface area contributed by atoms with Crippen molar-refractivity contribution in [2.75, 3.05) is 0 Å². The highest BCUT2D eigenvalue weighted by molar-refractivity contribution is 5.92. The molecule has 2 rings (SSSR count). The number of H-pyrrole nitrogens is 1. The van der Waals surface area contributed by atoms with Crippen LogP contribution in [0.25, 0.3) is 5.65 Å². The lowest BCUT2D eigenvalue weighted by Gasteiger charge is -1.91. The first-order valence-corrected chi connectivity index (χ1v) is 3.48.